The number of H-pyrrole nitrogens is 1. The lowest BCUT2D eigenvalue weighted by Crippen LogP contribution is -1.91. The third kappa shape index (κ3) is 2.39. The van der Waals surface area contributed by atoms with Crippen molar-refractivity contribution >= 4 is 17.2 Å². The van der Waals surface area contributed by atoms with E-state index in [1.807, 2.05) is 43.3 Å². The number of carbonyl (C=O) groups excluding carboxylic acids is 1. The van der Waals surface area contributed by atoms with Crippen molar-refractivity contribution in [3.63, 3.8) is 0 Å². The van der Waals surface area contributed by atoms with Gasteiger partial charge in [0.05, 0.1) is 12.3 Å². The molecule has 0 amide bonds. The molecule has 2 aromatic carbocycles. The highest BCUT2D eigenvalue weighted by atomic mass is 16.5. The summed E-state index contributed by atoms with van der Waals surface area (Å²) in [4.78, 5) is 15.0. The number of aldehydes is 1. The first-order valence-electron chi connectivity index (χ1n) is 7.60. The molecule has 3 nitrogen and oxygen atoms in total. The Labute approximate surface area is 129 Å². The highest BCUT2D eigenvalue weighted by Crippen LogP contribution is 2.31. The molecule has 1 aromatic heterocycles. The predicted molar refractivity (Wildman–Crippen MR) is 89.7 cm³/mol. The van der Waals surface area contributed by atoms with Crippen LogP contribution in [0.4, 0.5) is 0 Å². The third-order valence-corrected chi connectivity index (χ3v) is 3.91. The van der Waals surface area contributed by atoms with Crippen molar-refractivity contribution in [2.75, 3.05) is 6.61 Å². The first-order chi connectivity index (χ1) is 10.8. The fourth-order valence-electron chi connectivity index (χ4n) is 2.83. The number of aryl methyl sites for hydroxylation is 1. The highest BCUT2D eigenvalue weighted by molar-refractivity contribution is 6.05. The summed E-state index contributed by atoms with van der Waals surface area (Å²) in [5.41, 5.74) is 4.85. The number of hydrogen-bond donors (Lipinski definition) is 1. The Kier molecular flexibility index (Phi) is 3.96. The van der Waals surface area contributed by atoms with Crippen LogP contribution in [0.25, 0.3) is 22.2 Å². The fraction of sp³-hybridized carbons (Fsp3) is 0.211. The molecule has 1 heterocycles. The minimum absolute atomic E-state index is 0.644. The lowest BCUT2D eigenvalue weighted by molar-refractivity contribution is 0.112. The maximum atomic E-state index is 11.6. The number of ether oxygens (including phenoxy) is 1. The summed E-state index contributed by atoms with van der Waals surface area (Å²) in [6, 6.07) is 13.9. The van der Waals surface area contributed by atoms with E-state index in [1.165, 1.54) is 5.56 Å². The van der Waals surface area contributed by atoms with E-state index in [1.54, 1.807) is 0 Å². The van der Waals surface area contributed by atoms with Crippen molar-refractivity contribution in [3.8, 4) is 17.0 Å². The van der Waals surface area contributed by atoms with Crippen LogP contribution in [-0.4, -0.2) is 17.9 Å². The van der Waals surface area contributed by atoms with E-state index in [0.717, 1.165) is 46.2 Å². The van der Waals surface area contributed by atoms with Gasteiger partial charge in [0.25, 0.3) is 0 Å². The Balaban J connectivity index is 2.15. The normalized spacial score (nSPS) is 10.8. The quantitative estimate of drug-likeness (QED) is 0.698. The van der Waals surface area contributed by atoms with E-state index in [9.17, 15) is 4.79 Å². The summed E-state index contributed by atoms with van der Waals surface area (Å²) in [5, 5.41) is 0.984. The Morgan fingerprint density at radius 1 is 1.09 bits per heavy atom. The SMILES string of the molecule is CCOc1ccc(-c2[nH]c3c(CC)cccc3c2C=O)cc1. The zero-order valence-corrected chi connectivity index (χ0v) is 12.8. The summed E-state index contributed by atoms with van der Waals surface area (Å²) >= 11 is 0. The predicted octanol–water partition coefficient (Wildman–Crippen LogP) is 4.61. The molecule has 3 heteroatoms. The average Bonchev–Trinajstić information content (AvgIpc) is 2.94. The van der Waals surface area contributed by atoms with Gasteiger partial charge in [-0.1, -0.05) is 25.1 Å². The number of carbonyl (C=O) groups is 1. The molecule has 0 spiro atoms. The lowest BCUT2D eigenvalue weighted by atomic mass is 10.0. The largest absolute Gasteiger partial charge is 0.494 e. The number of fused-ring (bicyclic) bond motifs is 1. The first-order valence-corrected chi connectivity index (χ1v) is 7.60. The number of aromatic amines is 1. The van der Waals surface area contributed by atoms with Gasteiger partial charge in [0.1, 0.15) is 5.75 Å². The summed E-state index contributed by atoms with van der Waals surface area (Å²) < 4.78 is 5.47. The molecule has 0 aliphatic rings. The Bertz CT molecular complexity index is 800. The van der Waals surface area contributed by atoms with E-state index in [4.69, 9.17) is 4.74 Å². The van der Waals surface area contributed by atoms with Crippen LogP contribution in [0.3, 0.4) is 0 Å². The van der Waals surface area contributed by atoms with Crippen molar-refractivity contribution in [2.24, 2.45) is 0 Å². The third-order valence-electron chi connectivity index (χ3n) is 3.91. The van der Waals surface area contributed by atoms with Crippen molar-refractivity contribution in [1.29, 1.82) is 0 Å². The number of rotatable bonds is 5. The van der Waals surface area contributed by atoms with Gasteiger partial charge in [0, 0.05) is 16.5 Å². The van der Waals surface area contributed by atoms with Crippen molar-refractivity contribution < 1.29 is 9.53 Å². The van der Waals surface area contributed by atoms with E-state index in [-0.39, 0.29) is 0 Å². The molecule has 0 bridgehead atoms. The number of benzene rings is 2. The van der Waals surface area contributed by atoms with Crippen LogP contribution in [0.5, 0.6) is 5.75 Å². The molecule has 22 heavy (non-hydrogen) atoms. The second-order valence-corrected chi connectivity index (χ2v) is 5.18. The summed E-state index contributed by atoms with van der Waals surface area (Å²) in [5.74, 6) is 0.837. The van der Waals surface area contributed by atoms with Gasteiger partial charge in [-0.05, 0) is 48.7 Å². The van der Waals surface area contributed by atoms with E-state index >= 15 is 0 Å². The summed E-state index contributed by atoms with van der Waals surface area (Å²) in [6.45, 7) is 4.72. The maximum absolute atomic E-state index is 11.6. The second kappa shape index (κ2) is 6.06. The second-order valence-electron chi connectivity index (χ2n) is 5.18. The Morgan fingerprint density at radius 3 is 2.50 bits per heavy atom. The van der Waals surface area contributed by atoms with Gasteiger partial charge in [-0.25, -0.2) is 0 Å². The molecule has 3 rings (SSSR count). The van der Waals surface area contributed by atoms with Crippen LogP contribution in [-0.2, 0) is 6.42 Å². The van der Waals surface area contributed by atoms with Gasteiger partial charge in [0.2, 0.25) is 0 Å². The zero-order chi connectivity index (χ0) is 15.5. The molecule has 1 N–H and O–H groups in total. The minimum atomic E-state index is 0.644. The molecule has 0 fully saturated rings. The van der Waals surface area contributed by atoms with Crippen molar-refractivity contribution in [3.05, 3.63) is 53.6 Å². The first kappa shape index (κ1) is 14.4. The molecule has 0 saturated carbocycles. The van der Waals surface area contributed by atoms with Crippen molar-refractivity contribution in [2.45, 2.75) is 20.3 Å². The molecule has 0 aliphatic heterocycles. The molecule has 0 atom stereocenters. The number of nitrogens with one attached hydrogen (secondary N) is 1. The van der Waals surface area contributed by atoms with Crippen LogP contribution in [0.2, 0.25) is 0 Å². The van der Waals surface area contributed by atoms with Gasteiger partial charge < -0.3 is 9.72 Å². The van der Waals surface area contributed by atoms with Crippen LogP contribution < -0.4 is 4.74 Å². The van der Waals surface area contributed by atoms with Crippen molar-refractivity contribution in [1.82, 2.24) is 4.98 Å². The van der Waals surface area contributed by atoms with Gasteiger partial charge >= 0.3 is 0 Å². The maximum Gasteiger partial charge on any atom is 0.152 e. The monoisotopic (exact) mass is 293 g/mol. The lowest BCUT2D eigenvalue weighted by Gasteiger charge is -2.04. The molecular weight excluding hydrogens is 274 g/mol. The molecule has 3 aromatic rings. The fourth-order valence-corrected chi connectivity index (χ4v) is 2.83. The average molecular weight is 293 g/mol. The minimum Gasteiger partial charge on any atom is -0.494 e. The molecule has 112 valence electrons. The molecule has 0 aliphatic carbocycles. The van der Waals surface area contributed by atoms with Crippen LogP contribution >= 0.6 is 0 Å². The summed E-state index contributed by atoms with van der Waals surface area (Å²) in [6.07, 6.45) is 1.86. The number of para-hydroxylation sites is 1. The smallest absolute Gasteiger partial charge is 0.152 e. The van der Waals surface area contributed by atoms with Gasteiger partial charge in [-0.15, -0.1) is 0 Å². The van der Waals surface area contributed by atoms with Crippen LogP contribution in [0, 0.1) is 0 Å². The van der Waals surface area contributed by atoms with E-state index in [0.29, 0.717) is 6.61 Å². The van der Waals surface area contributed by atoms with Gasteiger partial charge in [0.15, 0.2) is 6.29 Å². The van der Waals surface area contributed by atoms with E-state index < -0.39 is 0 Å². The zero-order valence-electron chi connectivity index (χ0n) is 12.8. The Morgan fingerprint density at radius 2 is 1.86 bits per heavy atom. The standard InChI is InChI=1S/C19H19NO2/c1-3-13-6-5-7-16-17(12-21)19(20-18(13)16)14-8-10-15(11-9-14)22-4-2/h5-12,20H,3-4H2,1-2H3. The molecule has 0 unspecified atom stereocenters. The topological polar surface area (TPSA) is 42.1 Å². The van der Waals surface area contributed by atoms with Gasteiger partial charge in [-0.3, -0.25) is 4.79 Å². The molecular formula is C19H19NO2. The Hall–Kier alpha value is -2.55. The summed E-state index contributed by atoms with van der Waals surface area (Å²) in [7, 11) is 0. The van der Waals surface area contributed by atoms with E-state index in [2.05, 4.69) is 18.0 Å². The van der Waals surface area contributed by atoms with Crippen LogP contribution in [0.1, 0.15) is 29.8 Å². The molecule has 0 saturated heterocycles. The van der Waals surface area contributed by atoms with Crippen LogP contribution in [0.15, 0.2) is 42.5 Å². The number of aromatic nitrogens is 1. The highest BCUT2D eigenvalue weighted by Gasteiger charge is 2.14. The number of hydrogen-bond acceptors (Lipinski definition) is 2. The van der Waals surface area contributed by atoms with Gasteiger partial charge in [-0.2, -0.15) is 0 Å². The molecule has 0 radical (unpaired) electrons.